The molecule has 6 heteroatoms. The number of aromatic nitrogens is 1. The van der Waals surface area contributed by atoms with Crippen LogP contribution < -0.4 is 10.6 Å². The zero-order valence-electron chi connectivity index (χ0n) is 14.5. The Balaban J connectivity index is 1.86. The second-order valence-electron chi connectivity index (χ2n) is 6.47. The first-order valence-corrected chi connectivity index (χ1v) is 9.61. The van der Waals surface area contributed by atoms with Crippen LogP contribution in [-0.2, 0) is 12.0 Å². The van der Waals surface area contributed by atoms with Gasteiger partial charge in [-0.05, 0) is 11.4 Å². The van der Waals surface area contributed by atoms with E-state index in [1.807, 2.05) is 0 Å². The first-order valence-electron chi connectivity index (χ1n) is 7.85. The summed E-state index contributed by atoms with van der Waals surface area (Å²) in [5.74, 6) is 1.30. The number of nitrogens with zero attached hydrogens (tertiary/aromatic N) is 2. The summed E-state index contributed by atoms with van der Waals surface area (Å²) in [5, 5.41) is 12.2. The highest BCUT2D eigenvalue weighted by molar-refractivity contribution is 7.10. The van der Waals surface area contributed by atoms with Crippen LogP contribution in [0.3, 0.4) is 0 Å². The Bertz CT molecular complexity index is 627. The molecule has 0 saturated heterocycles. The normalized spacial score (nSPS) is 12.7. The van der Waals surface area contributed by atoms with Crippen molar-refractivity contribution in [3.8, 4) is 0 Å². The lowest BCUT2D eigenvalue weighted by Crippen LogP contribution is -2.43. The fourth-order valence-electron chi connectivity index (χ4n) is 2.12. The molecule has 0 unspecified atom stereocenters. The molecule has 0 aliphatic carbocycles. The van der Waals surface area contributed by atoms with Crippen LogP contribution in [0, 0.1) is 0 Å². The molecular formula is C17H26N4S2. The molecule has 2 aromatic rings. The van der Waals surface area contributed by atoms with Gasteiger partial charge in [-0.1, -0.05) is 33.8 Å². The summed E-state index contributed by atoms with van der Waals surface area (Å²) in [5.41, 5.74) is 1.15. The van der Waals surface area contributed by atoms with E-state index in [4.69, 9.17) is 0 Å². The van der Waals surface area contributed by atoms with Crippen molar-refractivity contribution in [1.82, 2.24) is 15.6 Å². The lowest BCUT2D eigenvalue weighted by molar-refractivity contribution is 0.518. The van der Waals surface area contributed by atoms with Gasteiger partial charge in [0.15, 0.2) is 5.96 Å². The molecular weight excluding hydrogens is 324 g/mol. The summed E-state index contributed by atoms with van der Waals surface area (Å²) in [4.78, 5) is 10.3. The number of rotatable bonds is 6. The molecule has 4 nitrogen and oxygen atoms in total. The molecule has 0 bridgehead atoms. The standard InChI is InChI=1S/C17H26N4S2/c1-12(2)15-21-13(10-23-15)9-19-16(18-5)20-11-17(3,4)14-7-6-8-22-14/h6-8,10,12H,9,11H2,1-5H3,(H2,18,19,20). The van der Waals surface area contributed by atoms with Gasteiger partial charge in [-0.3, -0.25) is 4.99 Å². The molecule has 2 aromatic heterocycles. The number of hydrogen-bond acceptors (Lipinski definition) is 4. The lowest BCUT2D eigenvalue weighted by atomic mass is 9.91. The van der Waals surface area contributed by atoms with Gasteiger partial charge in [0, 0.05) is 35.2 Å². The molecule has 2 heterocycles. The molecule has 0 saturated carbocycles. The van der Waals surface area contributed by atoms with Crippen molar-refractivity contribution in [1.29, 1.82) is 0 Å². The topological polar surface area (TPSA) is 49.3 Å². The number of nitrogens with one attached hydrogen (secondary N) is 2. The minimum Gasteiger partial charge on any atom is -0.356 e. The summed E-state index contributed by atoms with van der Waals surface area (Å²) >= 11 is 3.52. The molecule has 126 valence electrons. The van der Waals surface area contributed by atoms with E-state index in [2.05, 4.69) is 71.2 Å². The number of thiophene rings is 1. The van der Waals surface area contributed by atoms with Gasteiger partial charge >= 0.3 is 0 Å². The molecule has 2 N–H and O–H groups in total. The maximum atomic E-state index is 4.64. The van der Waals surface area contributed by atoms with Crippen LogP contribution in [0.15, 0.2) is 27.9 Å². The van der Waals surface area contributed by atoms with Gasteiger partial charge in [-0.15, -0.1) is 22.7 Å². The maximum absolute atomic E-state index is 4.64. The van der Waals surface area contributed by atoms with Crippen LogP contribution in [0.2, 0.25) is 0 Å². The molecule has 0 aliphatic heterocycles. The van der Waals surface area contributed by atoms with Crippen molar-refractivity contribution in [2.24, 2.45) is 4.99 Å². The van der Waals surface area contributed by atoms with Gasteiger partial charge in [0.2, 0.25) is 0 Å². The summed E-state index contributed by atoms with van der Waals surface area (Å²) < 4.78 is 0. The summed E-state index contributed by atoms with van der Waals surface area (Å²) in [6.07, 6.45) is 0. The first kappa shape index (κ1) is 17.9. The van der Waals surface area contributed by atoms with E-state index in [9.17, 15) is 0 Å². The summed E-state index contributed by atoms with van der Waals surface area (Å²) in [7, 11) is 1.80. The van der Waals surface area contributed by atoms with Crippen molar-refractivity contribution >= 4 is 28.6 Å². The van der Waals surface area contributed by atoms with Crippen LogP contribution in [-0.4, -0.2) is 24.5 Å². The van der Waals surface area contributed by atoms with Crippen LogP contribution in [0.1, 0.15) is 49.2 Å². The van der Waals surface area contributed by atoms with Gasteiger partial charge in [-0.2, -0.15) is 0 Å². The van der Waals surface area contributed by atoms with E-state index in [-0.39, 0.29) is 5.41 Å². The fraction of sp³-hybridized carbons (Fsp3) is 0.529. The predicted octanol–water partition coefficient (Wildman–Crippen LogP) is 3.97. The second kappa shape index (κ2) is 7.93. The van der Waals surface area contributed by atoms with Gasteiger partial charge in [0.1, 0.15) is 0 Å². The quantitative estimate of drug-likeness (QED) is 0.612. The molecule has 0 fully saturated rings. The minimum atomic E-state index is 0.0806. The number of guanidine groups is 1. The highest BCUT2D eigenvalue weighted by Gasteiger charge is 2.21. The van der Waals surface area contributed by atoms with E-state index in [0.29, 0.717) is 12.5 Å². The van der Waals surface area contributed by atoms with Crippen LogP contribution in [0.25, 0.3) is 0 Å². The molecule has 0 radical (unpaired) electrons. The van der Waals surface area contributed by atoms with E-state index in [1.54, 1.807) is 29.7 Å². The average Bonchev–Trinajstić information content (AvgIpc) is 3.19. The van der Waals surface area contributed by atoms with Crippen molar-refractivity contribution in [2.75, 3.05) is 13.6 Å². The maximum Gasteiger partial charge on any atom is 0.191 e. The Hall–Kier alpha value is -1.40. The summed E-state index contributed by atoms with van der Waals surface area (Å²) in [6.45, 7) is 10.4. The Morgan fingerprint density at radius 3 is 2.65 bits per heavy atom. The molecule has 0 aliphatic rings. The van der Waals surface area contributed by atoms with Crippen molar-refractivity contribution in [3.05, 3.63) is 38.5 Å². The van der Waals surface area contributed by atoms with E-state index >= 15 is 0 Å². The second-order valence-corrected chi connectivity index (χ2v) is 8.31. The zero-order valence-corrected chi connectivity index (χ0v) is 16.1. The monoisotopic (exact) mass is 350 g/mol. The lowest BCUT2D eigenvalue weighted by Gasteiger charge is -2.25. The third-order valence-corrected chi connectivity index (χ3v) is 6.04. The van der Waals surface area contributed by atoms with E-state index in [0.717, 1.165) is 18.2 Å². The van der Waals surface area contributed by atoms with Gasteiger partial charge in [0.05, 0.1) is 17.2 Å². The Labute approximate surface area is 147 Å². The van der Waals surface area contributed by atoms with Crippen molar-refractivity contribution < 1.29 is 0 Å². The highest BCUT2D eigenvalue weighted by Crippen LogP contribution is 2.26. The Morgan fingerprint density at radius 1 is 1.30 bits per heavy atom. The zero-order chi connectivity index (χ0) is 16.9. The highest BCUT2D eigenvalue weighted by atomic mass is 32.1. The molecule has 2 rings (SSSR count). The Kier molecular flexibility index (Phi) is 6.18. The minimum absolute atomic E-state index is 0.0806. The fourth-order valence-corrected chi connectivity index (χ4v) is 3.81. The molecule has 0 aromatic carbocycles. The number of aliphatic imine (C=N–C) groups is 1. The summed E-state index contributed by atoms with van der Waals surface area (Å²) in [6, 6.07) is 4.29. The van der Waals surface area contributed by atoms with E-state index < -0.39 is 0 Å². The molecule has 0 amide bonds. The largest absolute Gasteiger partial charge is 0.356 e. The molecule has 23 heavy (non-hydrogen) atoms. The third kappa shape index (κ3) is 5.04. The van der Waals surface area contributed by atoms with Crippen molar-refractivity contribution in [2.45, 2.75) is 45.6 Å². The van der Waals surface area contributed by atoms with Crippen LogP contribution >= 0.6 is 22.7 Å². The Morgan fingerprint density at radius 2 is 2.09 bits per heavy atom. The number of hydrogen-bond donors (Lipinski definition) is 2. The first-order chi connectivity index (χ1) is 10.9. The van der Waals surface area contributed by atoms with E-state index in [1.165, 1.54) is 9.88 Å². The average molecular weight is 351 g/mol. The van der Waals surface area contributed by atoms with Crippen molar-refractivity contribution in [3.63, 3.8) is 0 Å². The van der Waals surface area contributed by atoms with Crippen LogP contribution in [0.5, 0.6) is 0 Å². The van der Waals surface area contributed by atoms with Gasteiger partial charge < -0.3 is 10.6 Å². The smallest absolute Gasteiger partial charge is 0.191 e. The molecule has 0 spiro atoms. The van der Waals surface area contributed by atoms with Crippen LogP contribution in [0.4, 0.5) is 0 Å². The van der Waals surface area contributed by atoms with Gasteiger partial charge in [0.25, 0.3) is 0 Å². The van der Waals surface area contributed by atoms with Gasteiger partial charge in [-0.25, -0.2) is 4.98 Å². The SMILES string of the molecule is CN=C(NCc1csc(C(C)C)n1)NCC(C)(C)c1cccs1. The number of thiazole rings is 1. The molecule has 0 atom stereocenters. The predicted molar refractivity (Wildman–Crippen MR) is 102 cm³/mol. The third-order valence-electron chi connectivity index (χ3n) is 3.61.